The molecule has 0 bridgehead atoms. The van der Waals surface area contributed by atoms with E-state index in [1.165, 1.54) is 0 Å². The van der Waals surface area contributed by atoms with Crippen LogP contribution in [0.1, 0.15) is 59.3 Å². The molecule has 22 heavy (non-hydrogen) atoms. The van der Waals surface area contributed by atoms with Gasteiger partial charge < -0.3 is 5.73 Å². The molecular weight excluding hydrogens is 280 g/mol. The predicted molar refractivity (Wildman–Crippen MR) is 83.9 cm³/mol. The summed E-state index contributed by atoms with van der Waals surface area (Å²) in [6, 6.07) is 0.156. The van der Waals surface area contributed by atoms with E-state index in [4.69, 9.17) is 5.73 Å². The van der Waals surface area contributed by atoms with Crippen LogP contribution >= 0.6 is 0 Å². The van der Waals surface area contributed by atoms with Gasteiger partial charge in [0, 0.05) is 5.92 Å². The van der Waals surface area contributed by atoms with Crippen LogP contribution in [0.25, 0.3) is 0 Å². The molecule has 1 fully saturated rings. The Bertz CT molecular complexity index is 510. The summed E-state index contributed by atoms with van der Waals surface area (Å²) in [4.78, 5) is 13.7. The van der Waals surface area contributed by atoms with Crippen LogP contribution in [0.2, 0.25) is 0 Å². The molecule has 0 aromatic carbocycles. The van der Waals surface area contributed by atoms with Crippen LogP contribution in [0.4, 0.5) is 0 Å². The third-order valence-electron chi connectivity index (χ3n) is 4.35. The molecule has 0 aliphatic carbocycles. The van der Waals surface area contributed by atoms with Crippen LogP contribution in [0.15, 0.2) is 0 Å². The van der Waals surface area contributed by atoms with Crippen molar-refractivity contribution in [3.63, 3.8) is 0 Å². The van der Waals surface area contributed by atoms with Crippen molar-refractivity contribution in [1.82, 2.24) is 25.1 Å². The number of primary amides is 1. The van der Waals surface area contributed by atoms with Crippen molar-refractivity contribution in [2.24, 2.45) is 17.6 Å². The number of hydrogen-bond acceptors (Lipinski definition) is 5. The van der Waals surface area contributed by atoms with Crippen LogP contribution in [0.5, 0.6) is 0 Å². The molecule has 124 valence electrons. The number of nitrogens with zero attached hydrogens (tertiary/aromatic N) is 5. The summed E-state index contributed by atoms with van der Waals surface area (Å²) < 4.78 is 1.91. The lowest BCUT2D eigenvalue weighted by Crippen LogP contribution is -2.43. The molecule has 2 N–H and O–H groups in total. The molecule has 0 radical (unpaired) electrons. The molecule has 1 saturated heterocycles. The maximum atomic E-state index is 11.3. The number of tetrazole rings is 1. The van der Waals surface area contributed by atoms with E-state index in [0.717, 1.165) is 31.8 Å². The van der Waals surface area contributed by atoms with E-state index in [-0.39, 0.29) is 23.4 Å². The SMILES string of the molecule is CC(C)[C@@H](c1nnnn1C(C)(C)C)N1CCC(C(N)=O)CC1. The molecule has 2 heterocycles. The molecule has 2 rings (SSSR count). The van der Waals surface area contributed by atoms with Gasteiger partial charge in [0.2, 0.25) is 5.91 Å². The Morgan fingerprint density at radius 2 is 1.86 bits per heavy atom. The number of carbonyl (C=O) groups excluding carboxylic acids is 1. The van der Waals surface area contributed by atoms with Crippen LogP contribution in [0, 0.1) is 11.8 Å². The fraction of sp³-hybridized carbons (Fsp3) is 0.867. The van der Waals surface area contributed by atoms with E-state index >= 15 is 0 Å². The van der Waals surface area contributed by atoms with Gasteiger partial charge in [-0.15, -0.1) is 5.10 Å². The number of rotatable bonds is 4. The Hall–Kier alpha value is -1.50. The van der Waals surface area contributed by atoms with Gasteiger partial charge in [-0.05, 0) is 63.0 Å². The zero-order valence-electron chi connectivity index (χ0n) is 14.3. The van der Waals surface area contributed by atoms with E-state index in [9.17, 15) is 4.79 Å². The first kappa shape index (κ1) is 16.9. The maximum absolute atomic E-state index is 11.3. The fourth-order valence-corrected chi connectivity index (χ4v) is 3.20. The van der Waals surface area contributed by atoms with Gasteiger partial charge in [0.15, 0.2) is 5.82 Å². The van der Waals surface area contributed by atoms with Gasteiger partial charge in [0.05, 0.1) is 11.6 Å². The highest BCUT2D eigenvalue weighted by atomic mass is 16.1. The average Bonchev–Trinajstić information content (AvgIpc) is 2.88. The third kappa shape index (κ3) is 3.45. The number of piperidine rings is 1. The average molecular weight is 308 g/mol. The van der Waals surface area contributed by atoms with Crippen molar-refractivity contribution in [2.45, 2.75) is 59.0 Å². The summed E-state index contributed by atoms with van der Waals surface area (Å²) in [6.45, 7) is 12.4. The summed E-state index contributed by atoms with van der Waals surface area (Å²) in [7, 11) is 0. The molecule has 1 aliphatic rings. The quantitative estimate of drug-likeness (QED) is 0.906. The molecule has 7 nitrogen and oxygen atoms in total. The first-order chi connectivity index (χ1) is 10.2. The molecule has 7 heteroatoms. The van der Waals surface area contributed by atoms with E-state index in [0.29, 0.717) is 5.92 Å². The van der Waals surface area contributed by atoms with E-state index in [1.54, 1.807) is 0 Å². The molecule has 1 aromatic heterocycles. The number of amides is 1. The summed E-state index contributed by atoms with van der Waals surface area (Å²) >= 11 is 0. The lowest BCUT2D eigenvalue weighted by molar-refractivity contribution is -0.123. The lowest BCUT2D eigenvalue weighted by atomic mass is 9.92. The van der Waals surface area contributed by atoms with Gasteiger partial charge in [0.25, 0.3) is 0 Å². The summed E-state index contributed by atoms with van der Waals surface area (Å²) in [5.74, 6) is 1.11. The van der Waals surface area contributed by atoms with Crippen molar-refractivity contribution < 1.29 is 4.79 Å². The predicted octanol–water partition coefficient (Wildman–Crippen LogP) is 1.32. The van der Waals surface area contributed by atoms with Crippen LogP contribution < -0.4 is 5.73 Å². The minimum absolute atomic E-state index is 0.00248. The van der Waals surface area contributed by atoms with Gasteiger partial charge in [-0.1, -0.05) is 13.8 Å². The van der Waals surface area contributed by atoms with E-state index in [2.05, 4.69) is 55.0 Å². The number of hydrogen-bond donors (Lipinski definition) is 1. The van der Waals surface area contributed by atoms with E-state index in [1.807, 2.05) is 4.68 Å². The molecular formula is C15H28N6O. The Labute approximate surface area is 132 Å². The Morgan fingerprint density at radius 3 is 2.32 bits per heavy atom. The summed E-state index contributed by atoms with van der Waals surface area (Å²) in [6.07, 6.45) is 1.63. The largest absolute Gasteiger partial charge is 0.369 e. The second kappa shape index (κ2) is 6.32. The molecule has 1 amide bonds. The second-order valence-electron chi connectivity index (χ2n) is 7.52. The molecule has 1 aliphatic heterocycles. The monoisotopic (exact) mass is 308 g/mol. The number of aromatic nitrogens is 4. The fourth-order valence-electron chi connectivity index (χ4n) is 3.20. The third-order valence-corrected chi connectivity index (χ3v) is 4.35. The first-order valence-electron chi connectivity index (χ1n) is 8.04. The zero-order chi connectivity index (χ0) is 16.5. The minimum atomic E-state index is -0.180. The smallest absolute Gasteiger partial charge is 0.220 e. The highest BCUT2D eigenvalue weighted by molar-refractivity contribution is 5.76. The van der Waals surface area contributed by atoms with Crippen molar-refractivity contribution >= 4 is 5.91 Å². The zero-order valence-corrected chi connectivity index (χ0v) is 14.3. The first-order valence-corrected chi connectivity index (χ1v) is 8.04. The lowest BCUT2D eigenvalue weighted by Gasteiger charge is -2.38. The number of carbonyl (C=O) groups is 1. The highest BCUT2D eigenvalue weighted by Gasteiger charge is 2.34. The standard InChI is InChI=1S/C15H28N6O/c1-10(2)12(14-17-18-19-21(14)15(3,4)5)20-8-6-11(7-9-20)13(16)22/h10-12H,6-9H2,1-5H3,(H2,16,22)/t12-/m0/s1. The van der Waals surface area contributed by atoms with Gasteiger partial charge in [0.1, 0.15) is 0 Å². The molecule has 1 atom stereocenters. The number of nitrogens with two attached hydrogens (primary N) is 1. The Kier molecular flexibility index (Phi) is 4.84. The van der Waals surface area contributed by atoms with Gasteiger partial charge in [-0.2, -0.15) is 0 Å². The van der Waals surface area contributed by atoms with E-state index < -0.39 is 0 Å². The van der Waals surface area contributed by atoms with Crippen LogP contribution in [-0.2, 0) is 10.3 Å². The molecule has 0 unspecified atom stereocenters. The highest BCUT2D eigenvalue weighted by Crippen LogP contribution is 2.32. The Balaban J connectivity index is 2.22. The minimum Gasteiger partial charge on any atom is -0.369 e. The van der Waals surface area contributed by atoms with Gasteiger partial charge in [-0.25, -0.2) is 4.68 Å². The van der Waals surface area contributed by atoms with Crippen molar-refractivity contribution in [3.8, 4) is 0 Å². The molecule has 1 aromatic rings. The normalized spacial score (nSPS) is 19.5. The number of likely N-dealkylation sites (tertiary alicyclic amines) is 1. The van der Waals surface area contributed by atoms with Crippen molar-refractivity contribution in [2.75, 3.05) is 13.1 Å². The van der Waals surface area contributed by atoms with Crippen LogP contribution in [-0.4, -0.2) is 44.1 Å². The topological polar surface area (TPSA) is 89.9 Å². The summed E-state index contributed by atoms with van der Waals surface area (Å²) in [5.41, 5.74) is 5.28. The summed E-state index contributed by atoms with van der Waals surface area (Å²) in [5, 5.41) is 12.4. The molecule has 0 spiro atoms. The van der Waals surface area contributed by atoms with Crippen molar-refractivity contribution in [1.29, 1.82) is 0 Å². The van der Waals surface area contributed by atoms with Crippen molar-refractivity contribution in [3.05, 3.63) is 5.82 Å². The second-order valence-corrected chi connectivity index (χ2v) is 7.52. The Morgan fingerprint density at radius 1 is 1.27 bits per heavy atom. The van der Waals surface area contributed by atoms with Gasteiger partial charge in [-0.3, -0.25) is 9.69 Å². The molecule has 0 saturated carbocycles. The maximum Gasteiger partial charge on any atom is 0.220 e. The van der Waals surface area contributed by atoms with Crippen LogP contribution in [0.3, 0.4) is 0 Å². The van der Waals surface area contributed by atoms with Gasteiger partial charge >= 0.3 is 0 Å².